The highest BCUT2D eigenvalue weighted by Crippen LogP contribution is 2.40. The summed E-state index contributed by atoms with van der Waals surface area (Å²) < 4.78 is 0. The highest BCUT2D eigenvalue weighted by Gasteiger charge is 2.24. The number of rotatable bonds is 6. The van der Waals surface area contributed by atoms with E-state index in [1.807, 2.05) is 6.92 Å². The minimum Gasteiger partial charge on any atom is -0.329 e. The number of hydrogen-bond acceptors (Lipinski definition) is 4. The second kappa shape index (κ2) is 6.26. The minimum absolute atomic E-state index is 0.250. The van der Waals surface area contributed by atoms with Crippen molar-refractivity contribution < 1.29 is 0 Å². The predicted octanol–water partition coefficient (Wildman–Crippen LogP) is 3.46. The van der Waals surface area contributed by atoms with Gasteiger partial charge in [0.1, 0.15) is 0 Å². The van der Waals surface area contributed by atoms with Crippen molar-refractivity contribution in [1.82, 2.24) is 9.88 Å². The Bertz CT molecular complexity index is 586. The van der Waals surface area contributed by atoms with E-state index in [1.54, 1.807) is 11.3 Å². The van der Waals surface area contributed by atoms with Gasteiger partial charge in [0.2, 0.25) is 0 Å². The minimum atomic E-state index is 0.250. The zero-order valence-electron chi connectivity index (χ0n) is 12.7. The summed E-state index contributed by atoms with van der Waals surface area (Å²) in [5, 5.41) is 3.26. The summed E-state index contributed by atoms with van der Waals surface area (Å²) in [6.45, 7) is 3.52. The maximum atomic E-state index is 6.02. The van der Waals surface area contributed by atoms with Crippen LogP contribution in [0.3, 0.4) is 0 Å². The number of aryl methyl sites for hydroxylation is 1. The molecule has 1 heterocycles. The van der Waals surface area contributed by atoms with Crippen molar-refractivity contribution in [3.63, 3.8) is 0 Å². The lowest BCUT2D eigenvalue weighted by atomic mass is 10.0. The van der Waals surface area contributed by atoms with Crippen LogP contribution in [0.15, 0.2) is 29.6 Å². The third-order valence-corrected chi connectivity index (χ3v) is 5.03. The largest absolute Gasteiger partial charge is 0.329 e. The molecule has 1 aromatic carbocycles. The number of thiazole rings is 1. The first kappa shape index (κ1) is 14.7. The van der Waals surface area contributed by atoms with Gasteiger partial charge < -0.3 is 5.73 Å². The molecule has 1 fully saturated rings. The van der Waals surface area contributed by atoms with Crippen LogP contribution in [-0.2, 0) is 6.54 Å². The molecule has 0 saturated heterocycles. The molecular formula is C17H23N3S. The fourth-order valence-corrected chi connectivity index (χ4v) is 3.43. The standard InChI is InChI=1S/C17H23N3S/c1-12-19-16(11-21-12)10-20(2)17(9-18)15-7-5-14(6-8-15)13-3-4-13/h5-8,11,13,17H,3-4,9-10,18H2,1-2H3. The number of benzene rings is 1. The topological polar surface area (TPSA) is 42.2 Å². The number of nitrogens with zero attached hydrogens (tertiary/aromatic N) is 2. The molecule has 21 heavy (non-hydrogen) atoms. The first-order valence-electron chi connectivity index (χ1n) is 7.58. The molecule has 1 saturated carbocycles. The maximum Gasteiger partial charge on any atom is 0.0897 e. The first-order valence-corrected chi connectivity index (χ1v) is 8.46. The lowest BCUT2D eigenvalue weighted by Crippen LogP contribution is -2.30. The Kier molecular flexibility index (Phi) is 4.38. The first-order chi connectivity index (χ1) is 10.2. The smallest absolute Gasteiger partial charge is 0.0897 e. The fourth-order valence-electron chi connectivity index (χ4n) is 2.82. The number of aromatic nitrogens is 1. The van der Waals surface area contributed by atoms with Crippen LogP contribution in [0.4, 0.5) is 0 Å². The van der Waals surface area contributed by atoms with E-state index in [1.165, 1.54) is 24.0 Å². The zero-order valence-corrected chi connectivity index (χ0v) is 13.6. The highest BCUT2D eigenvalue weighted by atomic mass is 32.1. The number of nitrogens with two attached hydrogens (primary N) is 1. The van der Waals surface area contributed by atoms with Gasteiger partial charge in [-0.05, 0) is 43.9 Å². The Labute approximate surface area is 130 Å². The Morgan fingerprint density at radius 1 is 1.33 bits per heavy atom. The molecule has 0 spiro atoms. The molecule has 1 aliphatic carbocycles. The van der Waals surface area contributed by atoms with Gasteiger partial charge in [-0.3, -0.25) is 4.90 Å². The van der Waals surface area contributed by atoms with Crippen LogP contribution in [0.2, 0.25) is 0 Å². The third kappa shape index (κ3) is 3.51. The van der Waals surface area contributed by atoms with Gasteiger partial charge in [0.25, 0.3) is 0 Å². The fraction of sp³-hybridized carbons (Fsp3) is 0.471. The quantitative estimate of drug-likeness (QED) is 0.888. The molecule has 0 radical (unpaired) electrons. The van der Waals surface area contributed by atoms with E-state index < -0.39 is 0 Å². The van der Waals surface area contributed by atoms with Gasteiger partial charge in [0, 0.05) is 24.5 Å². The predicted molar refractivity (Wildman–Crippen MR) is 88.5 cm³/mol. The lowest BCUT2D eigenvalue weighted by Gasteiger charge is -2.27. The van der Waals surface area contributed by atoms with Crippen molar-refractivity contribution in [2.75, 3.05) is 13.6 Å². The van der Waals surface area contributed by atoms with Gasteiger partial charge >= 0.3 is 0 Å². The monoisotopic (exact) mass is 301 g/mol. The summed E-state index contributed by atoms with van der Waals surface area (Å²) in [6.07, 6.45) is 2.70. The maximum absolute atomic E-state index is 6.02. The molecule has 1 unspecified atom stereocenters. The van der Waals surface area contributed by atoms with Gasteiger partial charge in [0.05, 0.1) is 10.7 Å². The van der Waals surface area contributed by atoms with Crippen LogP contribution in [0.5, 0.6) is 0 Å². The number of hydrogen-bond donors (Lipinski definition) is 1. The van der Waals surface area contributed by atoms with Gasteiger partial charge in [-0.1, -0.05) is 24.3 Å². The molecule has 0 amide bonds. The molecule has 1 atom stereocenters. The van der Waals surface area contributed by atoms with Crippen LogP contribution < -0.4 is 5.73 Å². The van der Waals surface area contributed by atoms with E-state index in [0.717, 1.165) is 23.2 Å². The Morgan fingerprint density at radius 2 is 2.05 bits per heavy atom. The van der Waals surface area contributed by atoms with E-state index in [9.17, 15) is 0 Å². The zero-order chi connectivity index (χ0) is 14.8. The Balaban J connectivity index is 1.70. The average molecular weight is 301 g/mol. The summed E-state index contributed by atoms with van der Waals surface area (Å²) in [5.41, 5.74) is 9.93. The molecule has 4 heteroatoms. The van der Waals surface area contributed by atoms with Crippen molar-refractivity contribution in [3.8, 4) is 0 Å². The molecule has 1 aliphatic rings. The summed E-state index contributed by atoms with van der Waals surface area (Å²) in [7, 11) is 2.13. The average Bonchev–Trinajstić information content (AvgIpc) is 3.24. The highest BCUT2D eigenvalue weighted by molar-refractivity contribution is 7.09. The second-order valence-corrected chi connectivity index (χ2v) is 7.03. The van der Waals surface area contributed by atoms with Crippen LogP contribution in [0, 0.1) is 6.92 Å². The summed E-state index contributed by atoms with van der Waals surface area (Å²) in [6, 6.07) is 9.29. The van der Waals surface area contributed by atoms with E-state index in [-0.39, 0.29) is 6.04 Å². The van der Waals surface area contributed by atoms with Gasteiger partial charge in [-0.2, -0.15) is 0 Å². The molecule has 112 valence electrons. The van der Waals surface area contributed by atoms with Gasteiger partial charge in [0.15, 0.2) is 0 Å². The molecule has 0 bridgehead atoms. The molecule has 2 aromatic rings. The van der Waals surface area contributed by atoms with Gasteiger partial charge in [-0.25, -0.2) is 4.98 Å². The summed E-state index contributed by atoms with van der Waals surface area (Å²) in [5.74, 6) is 0.811. The summed E-state index contributed by atoms with van der Waals surface area (Å²) >= 11 is 1.70. The Hall–Kier alpha value is -1.23. The van der Waals surface area contributed by atoms with Crippen molar-refractivity contribution in [2.45, 2.75) is 38.3 Å². The van der Waals surface area contributed by atoms with Crippen LogP contribution in [-0.4, -0.2) is 23.5 Å². The third-order valence-electron chi connectivity index (χ3n) is 4.20. The van der Waals surface area contributed by atoms with E-state index in [4.69, 9.17) is 5.73 Å². The SMILES string of the molecule is Cc1nc(CN(C)C(CN)c2ccc(C3CC3)cc2)cs1. The van der Waals surface area contributed by atoms with E-state index >= 15 is 0 Å². The van der Waals surface area contributed by atoms with E-state index in [0.29, 0.717) is 6.54 Å². The second-order valence-electron chi connectivity index (χ2n) is 5.97. The molecule has 1 aromatic heterocycles. The summed E-state index contributed by atoms with van der Waals surface area (Å²) in [4.78, 5) is 6.83. The van der Waals surface area contributed by atoms with Crippen molar-refractivity contribution >= 4 is 11.3 Å². The number of likely N-dealkylation sites (N-methyl/N-ethyl adjacent to an activating group) is 1. The van der Waals surface area contributed by atoms with Gasteiger partial charge in [-0.15, -0.1) is 11.3 Å². The molecule has 3 rings (SSSR count). The Morgan fingerprint density at radius 3 is 2.57 bits per heavy atom. The lowest BCUT2D eigenvalue weighted by molar-refractivity contribution is 0.239. The van der Waals surface area contributed by atoms with Crippen LogP contribution in [0.1, 0.15) is 46.6 Å². The molecular weight excluding hydrogens is 278 g/mol. The van der Waals surface area contributed by atoms with Crippen molar-refractivity contribution in [1.29, 1.82) is 0 Å². The van der Waals surface area contributed by atoms with Crippen LogP contribution >= 0.6 is 11.3 Å². The van der Waals surface area contributed by atoms with Crippen molar-refractivity contribution in [2.24, 2.45) is 5.73 Å². The van der Waals surface area contributed by atoms with Crippen LogP contribution in [0.25, 0.3) is 0 Å². The molecule has 2 N–H and O–H groups in total. The van der Waals surface area contributed by atoms with Crippen molar-refractivity contribution in [3.05, 3.63) is 51.5 Å². The molecule has 3 nitrogen and oxygen atoms in total. The molecule has 0 aliphatic heterocycles. The normalized spacial score (nSPS) is 16.4. The van der Waals surface area contributed by atoms with E-state index in [2.05, 4.69) is 46.6 Å².